The lowest BCUT2D eigenvalue weighted by molar-refractivity contribution is -0.116. The minimum Gasteiger partial charge on any atom is -0.324 e. The van der Waals surface area contributed by atoms with Crippen LogP contribution in [0.3, 0.4) is 0 Å². The van der Waals surface area contributed by atoms with Crippen LogP contribution >= 0.6 is 11.6 Å². The van der Waals surface area contributed by atoms with Crippen molar-refractivity contribution in [2.75, 3.05) is 5.32 Å². The van der Waals surface area contributed by atoms with E-state index in [1.807, 2.05) is 28.8 Å². The van der Waals surface area contributed by atoms with E-state index in [-0.39, 0.29) is 28.9 Å². The standard InChI is InChI=1S/C22H16ClF2N3O/c23-15-6-9-18(17(25)13-15)26-21(29)11-10-19-22(14-4-7-16(24)8-5-14)27-20-3-1-2-12-28(19)20/h1-9,12-13H,10-11H2,(H,26,29). The van der Waals surface area contributed by atoms with Gasteiger partial charge in [-0.3, -0.25) is 4.79 Å². The van der Waals surface area contributed by atoms with Crippen LogP contribution in [-0.4, -0.2) is 15.3 Å². The second-order valence-electron chi connectivity index (χ2n) is 6.52. The average Bonchev–Trinajstić information content (AvgIpc) is 3.08. The second kappa shape index (κ2) is 8.01. The number of hydrogen-bond acceptors (Lipinski definition) is 2. The van der Waals surface area contributed by atoms with Crippen LogP contribution in [0.2, 0.25) is 5.02 Å². The maximum Gasteiger partial charge on any atom is 0.224 e. The van der Waals surface area contributed by atoms with Crippen LogP contribution in [0.1, 0.15) is 12.1 Å². The van der Waals surface area contributed by atoms with E-state index >= 15 is 0 Å². The van der Waals surface area contributed by atoms with Crippen LogP contribution in [0.25, 0.3) is 16.9 Å². The Kier molecular flexibility index (Phi) is 5.27. The van der Waals surface area contributed by atoms with Crippen molar-refractivity contribution >= 4 is 28.8 Å². The molecular weight excluding hydrogens is 396 g/mol. The Morgan fingerprint density at radius 1 is 1.07 bits per heavy atom. The first-order chi connectivity index (χ1) is 14.0. The van der Waals surface area contributed by atoms with Crippen molar-refractivity contribution in [1.29, 1.82) is 0 Å². The molecular formula is C22H16ClF2N3O. The molecule has 4 nitrogen and oxygen atoms in total. The molecule has 0 fully saturated rings. The van der Waals surface area contributed by atoms with E-state index < -0.39 is 5.82 Å². The zero-order valence-electron chi connectivity index (χ0n) is 15.2. The SMILES string of the molecule is O=C(CCc1c(-c2ccc(F)cc2)nc2ccccn12)Nc1ccc(Cl)cc1F. The Balaban J connectivity index is 1.59. The summed E-state index contributed by atoms with van der Waals surface area (Å²) in [5, 5.41) is 2.82. The van der Waals surface area contributed by atoms with Gasteiger partial charge in [-0.25, -0.2) is 13.8 Å². The van der Waals surface area contributed by atoms with Crippen LogP contribution < -0.4 is 5.32 Å². The summed E-state index contributed by atoms with van der Waals surface area (Å²) in [7, 11) is 0. The molecule has 1 N–H and O–H groups in total. The maximum absolute atomic E-state index is 13.9. The number of hydrogen-bond donors (Lipinski definition) is 1. The highest BCUT2D eigenvalue weighted by atomic mass is 35.5. The highest BCUT2D eigenvalue weighted by Crippen LogP contribution is 2.26. The average molecular weight is 412 g/mol. The molecule has 2 aromatic carbocycles. The summed E-state index contributed by atoms with van der Waals surface area (Å²) < 4.78 is 29.1. The Labute approximate surface area is 170 Å². The van der Waals surface area contributed by atoms with Crippen molar-refractivity contribution in [3.05, 3.63) is 89.2 Å². The number of imidazole rings is 1. The zero-order valence-corrected chi connectivity index (χ0v) is 16.0. The van der Waals surface area contributed by atoms with Crippen LogP contribution in [0, 0.1) is 11.6 Å². The normalized spacial score (nSPS) is 11.0. The first kappa shape index (κ1) is 19.1. The number of aryl methyl sites for hydroxylation is 1. The number of fused-ring (bicyclic) bond motifs is 1. The molecule has 29 heavy (non-hydrogen) atoms. The fourth-order valence-corrected chi connectivity index (χ4v) is 3.32. The highest BCUT2D eigenvalue weighted by molar-refractivity contribution is 6.30. The van der Waals surface area contributed by atoms with Crippen molar-refractivity contribution in [1.82, 2.24) is 9.38 Å². The van der Waals surface area contributed by atoms with E-state index in [1.54, 1.807) is 12.1 Å². The minimum absolute atomic E-state index is 0.0799. The minimum atomic E-state index is -0.590. The Hall–Kier alpha value is -3.25. The number of benzene rings is 2. The summed E-state index contributed by atoms with van der Waals surface area (Å²) in [5.74, 6) is -1.25. The quantitative estimate of drug-likeness (QED) is 0.471. The molecule has 146 valence electrons. The van der Waals surface area contributed by atoms with Crippen molar-refractivity contribution in [2.45, 2.75) is 12.8 Å². The van der Waals surface area contributed by atoms with Gasteiger partial charge in [-0.15, -0.1) is 0 Å². The molecule has 4 aromatic rings. The van der Waals surface area contributed by atoms with Gasteiger partial charge in [0.1, 0.15) is 17.3 Å². The van der Waals surface area contributed by atoms with Gasteiger partial charge in [0.25, 0.3) is 0 Å². The fraction of sp³-hybridized carbons (Fsp3) is 0.0909. The predicted molar refractivity (Wildman–Crippen MR) is 109 cm³/mol. The van der Waals surface area contributed by atoms with Gasteiger partial charge in [-0.05, 0) is 61.0 Å². The first-order valence-electron chi connectivity index (χ1n) is 8.98. The molecule has 2 aromatic heterocycles. The molecule has 0 unspecified atom stereocenters. The number of nitrogens with one attached hydrogen (secondary N) is 1. The largest absolute Gasteiger partial charge is 0.324 e. The highest BCUT2D eigenvalue weighted by Gasteiger charge is 2.16. The lowest BCUT2D eigenvalue weighted by Gasteiger charge is -2.08. The number of carbonyl (C=O) groups is 1. The molecule has 7 heteroatoms. The third-order valence-electron chi connectivity index (χ3n) is 4.54. The summed E-state index contributed by atoms with van der Waals surface area (Å²) in [6.07, 6.45) is 2.36. The van der Waals surface area contributed by atoms with Gasteiger partial charge in [0, 0.05) is 23.2 Å². The molecule has 0 saturated carbocycles. The predicted octanol–water partition coefficient (Wildman–Crippen LogP) is 5.50. The maximum atomic E-state index is 13.9. The number of halogens is 3. The molecule has 0 saturated heterocycles. The summed E-state index contributed by atoms with van der Waals surface area (Å²) in [5.41, 5.74) is 3.07. The third-order valence-corrected chi connectivity index (χ3v) is 4.78. The van der Waals surface area contributed by atoms with Crippen molar-refractivity contribution in [3.63, 3.8) is 0 Å². The van der Waals surface area contributed by atoms with E-state index in [0.717, 1.165) is 23.0 Å². The Morgan fingerprint density at radius 3 is 2.62 bits per heavy atom. The smallest absolute Gasteiger partial charge is 0.224 e. The van der Waals surface area contributed by atoms with Crippen LogP contribution in [0.4, 0.5) is 14.5 Å². The van der Waals surface area contributed by atoms with Gasteiger partial charge in [-0.2, -0.15) is 0 Å². The number of nitrogens with zero attached hydrogens (tertiary/aromatic N) is 2. The lowest BCUT2D eigenvalue weighted by atomic mass is 10.1. The fourth-order valence-electron chi connectivity index (χ4n) is 3.16. The second-order valence-corrected chi connectivity index (χ2v) is 6.95. The van der Waals surface area contributed by atoms with Crippen molar-refractivity contribution < 1.29 is 13.6 Å². The number of carbonyl (C=O) groups excluding carboxylic acids is 1. The zero-order chi connectivity index (χ0) is 20.4. The Morgan fingerprint density at radius 2 is 1.86 bits per heavy atom. The van der Waals surface area contributed by atoms with Crippen LogP contribution in [0.5, 0.6) is 0 Å². The molecule has 0 aliphatic rings. The molecule has 0 atom stereocenters. The van der Waals surface area contributed by atoms with Crippen molar-refractivity contribution in [2.24, 2.45) is 0 Å². The molecule has 1 amide bonds. The van der Waals surface area contributed by atoms with E-state index in [9.17, 15) is 13.6 Å². The van der Waals surface area contributed by atoms with E-state index in [0.29, 0.717) is 12.1 Å². The number of pyridine rings is 1. The summed E-state index contributed by atoms with van der Waals surface area (Å²) in [6, 6.07) is 15.7. The number of rotatable bonds is 5. The first-order valence-corrected chi connectivity index (χ1v) is 9.36. The van der Waals surface area contributed by atoms with Crippen LogP contribution in [0.15, 0.2) is 66.9 Å². The van der Waals surface area contributed by atoms with Crippen molar-refractivity contribution in [3.8, 4) is 11.3 Å². The topological polar surface area (TPSA) is 46.4 Å². The number of aromatic nitrogens is 2. The molecule has 0 bridgehead atoms. The summed E-state index contributed by atoms with van der Waals surface area (Å²) in [4.78, 5) is 17.0. The van der Waals surface area contributed by atoms with Crippen LogP contribution in [-0.2, 0) is 11.2 Å². The van der Waals surface area contributed by atoms with E-state index in [4.69, 9.17) is 11.6 Å². The molecule has 0 radical (unpaired) electrons. The van der Waals surface area contributed by atoms with E-state index in [1.165, 1.54) is 24.3 Å². The van der Waals surface area contributed by atoms with Gasteiger partial charge in [0.05, 0.1) is 17.1 Å². The van der Waals surface area contributed by atoms with Gasteiger partial charge >= 0.3 is 0 Å². The summed E-state index contributed by atoms with van der Waals surface area (Å²) >= 11 is 5.74. The van der Waals surface area contributed by atoms with Gasteiger partial charge in [0.2, 0.25) is 5.91 Å². The third kappa shape index (κ3) is 4.12. The molecule has 4 rings (SSSR count). The lowest BCUT2D eigenvalue weighted by Crippen LogP contribution is -2.14. The van der Waals surface area contributed by atoms with Gasteiger partial charge < -0.3 is 9.72 Å². The number of amides is 1. The van der Waals surface area contributed by atoms with Gasteiger partial charge in [0.15, 0.2) is 0 Å². The van der Waals surface area contributed by atoms with Gasteiger partial charge in [-0.1, -0.05) is 17.7 Å². The molecule has 0 aliphatic heterocycles. The molecule has 0 spiro atoms. The Bertz CT molecular complexity index is 1190. The molecule has 0 aliphatic carbocycles. The number of anilines is 1. The monoisotopic (exact) mass is 411 g/mol. The molecule has 2 heterocycles. The summed E-state index contributed by atoms with van der Waals surface area (Å²) in [6.45, 7) is 0. The van der Waals surface area contributed by atoms with E-state index in [2.05, 4.69) is 10.3 Å².